The van der Waals surface area contributed by atoms with E-state index in [4.69, 9.17) is 0 Å². The molecule has 1 unspecified atom stereocenters. The van der Waals surface area contributed by atoms with Crippen LogP contribution in [-0.4, -0.2) is 43.4 Å². The minimum atomic E-state index is -1.04. The van der Waals surface area contributed by atoms with Gasteiger partial charge >= 0.3 is 5.97 Å². The third-order valence-electron chi connectivity index (χ3n) is 7.71. The Kier molecular flexibility index (Phi) is 8.52. The van der Waals surface area contributed by atoms with Gasteiger partial charge in [-0.3, -0.25) is 9.59 Å². The van der Waals surface area contributed by atoms with E-state index >= 15 is 0 Å². The molecule has 2 heterocycles. The number of aryl methyl sites for hydroxylation is 1. The maximum absolute atomic E-state index is 14.1. The Labute approximate surface area is 246 Å². The van der Waals surface area contributed by atoms with Crippen LogP contribution in [0.4, 0.5) is 5.69 Å². The molecule has 0 saturated heterocycles. The van der Waals surface area contributed by atoms with Crippen LogP contribution in [0.2, 0.25) is 0 Å². The summed E-state index contributed by atoms with van der Waals surface area (Å²) in [5, 5.41) is 13.2. The molecule has 0 radical (unpaired) electrons. The van der Waals surface area contributed by atoms with Crippen LogP contribution >= 0.6 is 0 Å². The molecule has 0 fully saturated rings. The van der Waals surface area contributed by atoms with Gasteiger partial charge in [-0.1, -0.05) is 86.6 Å². The molecule has 0 bridgehead atoms. The number of aliphatic carboxylic acids is 1. The molecule has 0 spiro atoms. The third-order valence-corrected chi connectivity index (χ3v) is 7.71. The second kappa shape index (κ2) is 12.4. The molecule has 3 aromatic carbocycles. The number of anilines is 1. The van der Waals surface area contributed by atoms with Crippen molar-refractivity contribution >= 4 is 23.5 Å². The number of aromatic nitrogens is 2. The lowest BCUT2D eigenvalue weighted by molar-refractivity contribution is -0.151. The molecule has 1 atom stereocenters. The van der Waals surface area contributed by atoms with Crippen LogP contribution in [0.3, 0.4) is 0 Å². The smallest absolute Gasteiger partial charge is 0.326 e. The van der Waals surface area contributed by atoms with Crippen LogP contribution in [0.15, 0.2) is 85.2 Å². The van der Waals surface area contributed by atoms with Crippen molar-refractivity contribution in [2.24, 2.45) is 5.92 Å². The Morgan fingerprint density at radius 1 is 0.976 bits per heavy atom. The largest absolute Gasteiger partial charge is 0.480 e. The summed E-state index contributed by atoms with van der Waals surface area (Å²) in [6, 6.07) is 23.8. The number of rotatable bonds is 9. The molecule has 0 saturated carbocycles. The van der Waals surface area contributed by atoms with E-state index in [1.165, 1.54) is 4.90 Å². The van der Waals surface area contributed by atoms with Crippen molar-refractivity contribution in [2.45, 2.75) is 58.7 Å². The zero-order chi connectivity index (χ0) is 29.8. The highest BCUT2D eigenvalue weighted by Gasteiger charge is 2.40. The topological polar surface area (TPSA) is 105 Å². The predicted molar refractivity (Wildman–Crippen MR) is 161 cm³/mol. The van der Waals surface area contributed by atoms with Crippen molar-refractivity contribution in [3.8, 4) is 0 Å². The fourth-order valence-electron chi connectivity index (χ4n) is 5.64. The van der Waals surface area contributed by atoms with Crippen molar-refractivity contribution in [3.63, 3.8) is 0 Å². The number of benzene rings is 3. The molecular formula is C34H36N4O4. The Morgan fingerprint density at radius 2 is 1.62 bits per heavy atom. The number of nitrogens with one attached hydrogen (secondary N) is 1. The summed E-state index contributed by atoms with van der Waals surface area (Å²) < 4.78 is 1.96. The van der Waals surface area contributed by atoms with Gasteiger partial charge in [0.25, 0.3) is 0 Å². The molecule has 2 N–H and O–H groups in total. The molecular weight excluding hydrogens is 528 g/mol. The molecule has 216 valence electrons. The molecule has 1 aliphatic heterocycles. The maximum atomic E-state index is 14.1. The molecule has 5 rings (SSSR count). The lowest BCUT2D eigenvalue weighted by Crippen LogP contribution is -2.50. The van der Waals surface area contributed by atoms with Crippen molar-refractivity contribution in [1.82, 2.24) is 14.5 Å². The van der Waals surface area contributed by atoms with Gasteiger partial charge in [-0.25, -0.2) is 9.78 Å². The summed E-state index contributed by atoms with van der Waals surface area (Å²) in [5.41, 5.74) is 5.88. The van der Waals surface area contributed by atoms with Gasteiger partial charge < -0.3 is 19.9 Å². The van der Waals surface area contributed by atoms with E-state index in [0.717, 1.165) is 33.6 Å². The minimum absolute atomic E-state index is 0.00916. The highest BCUT2D eigenvalue weighted by atomic mass is 16.4. The first kappa shape index (κ1) is 28.8. The van der Waals surface area contributed by atoms with Crippen molar-refractivity contribution in [1.29, 1.82) is 0 Å². The molecule has 8 heteroatoms. The molecule has 4 aromatic rings. The van der Waals surface area contributed by atoms with Gasteiger partial charge in [0.2, 0.25) is 11.8 Å². The van der Waals surface area contributed by atoms with E-state index in [9.17, 15) is 19.5 Å². The molecule has 42 heavy (non-hydrogen) atoms. The fraction of sp³-hybridized carbons (Fsp3) is 0.294. The first-order valence-corrected chi connectivity index (χ1v) is 14.3. The number of amides is 2. The van der Waals surface area contributed by atoms with Crippen LogP contribution in [0.1, 0.15) is 59.8 Å². The van der Waals surface area contributed by atoms with Gasteiger partial charge in [0, 0.05) is 30.8 Å². The first-order chi connectivity index (χ1) is 20.2. The Bertz CT molecular complexity index is 1540. The third kappa shape index (κ3) is 6.28. The van der Waals surface area contributed by atoms with Gasteiger partial charge in [0.1, 0.15) is 6.04 Å². The molecule has 1 aromatic heterocycles. The lowest BCUT2D eigenvalue weighted by atomic mass is 9.88. The Balaban J connectivity index is 1.39. The average Bonchev–Trinajstić information content (AvgIpc) is 3.36. The van der Waals surface area contributed by atoms with E-state index in [1.54, 1.807) is 6.33 Å². The summed E-state index contributed by atoms with van der Waals surface area (Å²) in [7, 11) is 0. The lowest BCUT2D eigenvalue weighted by Gasteiger charge is -2.35. The minimum Gasteiger partial charge on any atom is -0.480 e. The summed E-state index contributed by atoms with van der Waals surface area (Å²) >= 11 is 0. The van der Waals surface area contributed by atoms with Gasteiger partial charge in [0.05, 0.1) is 24.5 Å². The quantitative estimate of drug-likeness (QED) is 0.284. The predicted octanol–water partition coefficient (Wildman–Crippen LogP) is 5.39. The highest BCUT2D eigenvalue weighted by Crippen LogP contribution is 2.32. The van der Waals surface area contributed by atoms with Gasteiger partial charge in [-0.05, 0) is 41.2 Å². The fourth-order valence-corrected chi connectivity index (χ4v) is 5.64. The van der Waals surface area contributed by atoms with Crippen molar-refractivity contribution in [3.05, 3.63) is 119 Å². The zero-order valence-electron chi connectivity index (χ0n) is 24.2. The number of hydrogen-bond acceptors (Lipinski definition) is 4. The van der Waals surface area contributed by atoms with E-state index in [2.05, 4.69) is 10.3 Å². The number of hydrogen-bond donors (Lipinski definition) is 2. The molecule has 0 aliphatic carbocycles. The number of imidazole rings is 1. The van der Waals surface area contributed by atoms with Gasteiger partial charge in [-0.15, -0.1) is 0 Å². The van der Waals surface area contributed by atoms with Crippen molar-refractivity contribution in [2.75, 3.05) is 5.32 Å². The number of nitrogens with zero attached hydrogens (tertiary/aromatic N) is 3. The standard InChI is InChI=1S/C34H36N4O4/c1-22(2)16-31(39)36-27-15-14-24(17-23(27)3)19-37-21-35-28-20-38(30(34(41)42)18-29(28)37)33(40)32(25-10-6-4-7-11-25)26-12-8-5-9-13-26/h4-15,17,21-22,30,32H,16,18-20H2,1-3H3,(H,36,39)(H,41,42). The van der Waals surface area contributed by atoms with Crippen LogP contribution < -0.4 is 5.32 Å². The number of carbonyl (C=O) groups excluding carboxylic acids is 2. The SMILES string of the molecule is Cc1cc(Cn2cnc3c2CC(C(=O)O)N(C(=O)C(c2ccccc2)c2ccccc2)C3)ccc1NC(=O)CC(C)C. The monoisotopic (exact) mass is 564 g/mol. The first-order valence-electron chi connectivity index (χ1n) is 14.3. The molecule has 8 nitrogen and oxygen atoms in total. The second-order valence-electron chi connectivity index (χ2n) is 11.3. The second-order valence-corrected chi connectivity index (χ2v) is 11.3. The summed E-state index contributed by atoms with van der Waals surface area (Å²) in [5.74, 6) is -1.66. The average molecular weight is 565 g/mol. The van der Waals surface area contributed by atoms with Crippen molar-refractivity contribution < 1.29 is 19.5 Å². The van der Waals surface area contributed by atoms with Gasteiger partial charge in [-0.2, -0.15) is 0 Å². The summed E-state index contributed by atoms with van der Waals surface area (Å²) in [6.45, 7) is 6.60. The highest BCUT2D eigenvalue weighted by molar-refractivity contribution is 5.92. The number of carboxylic acids is 1. The zero-order valence-corrected chi connectivity index (χ0v) is 24.2. The molecule has 2 amide bonds. The van der Waals surface area contributed by atoms with Crippen LogP contribution in [-0.2, 0) is 33.9 Å². The van der Waals surface area contributed by atoms with E-state index < -0.39 is 17.9 Å². The van der Waals surface area contributed by atoms with E-state index in [0.29, 0.717) is 18.7 Å². The Hall–Kier alpha value is -4.72. The van der Waals surface area contributed by atoms with E-state index in [1.807, 2.05) is 104 Å². The Morgan fingerprint density at radius 3 is 2.19 bits per heavy atom. The summed E-state index contributed by atoms with van der Waals surface area (Å²) in [4.78, 5) is 45.0. The van der Waals surface area contributed by atoms with Crippen LogP contribution in [0.25, 0.3) is 0 Å². The van der Waals surface area contributed by atoms with Crippen LogP contribution in [0, 0.1) is 12.8 Å². The molecule has 1 aliphatic rings. The number of carbonyl (C=O) groups is 3. The van der Waals surface area contributed by atoms with Crippen LogP contribution in [0.5, 0.6) is 0 Å². The maximum Gasteiger partial charge on any atom is 0.326 e. The van der Waals surface area contributed by atoms with Gasteiger partial charge in [0.15, 0.2) is 0 Å². The number of fused-ring (bicyclic) bond motifs is 1. The van der Waals surface area contributed by atoms with E-state index in [-0.39, 0.29) is 30.7 Å². The normalized spacial score (nSPS) is 14.6. The summed E-state index contributed by atoms with van der Waals surface area (Å²) in [6.07, 6.45) is 2.34. The number of carboxylic acid groups (broad SMARTS) is 1.